The lowest BCUT2D eigenvalue weighted by Crippen LogP contribution is -2.03. The normalized spacial score (nSPS) is 11.8. The summed E-state index contributed by atoms with van der Waals surface area (Å²) in [4.78, 5) is 12.2. The fourth-order valence-corrected chi connectivity index (χ4v) is 2.26. The van der Waals surface area contributed by atoms with Crippen LogP contribution < -0.4 is 5.43 Å². The third kappa shape index (κ3) is 2.46. The monoisotopic (exact) mass is 278 g/mol. The summed E-state index contributed by atoms with van der Waals surface area (Å²) in [6, 6.07) is 16.6. The van der Waals surface area contributed by atoms with Crippen molar-refractivity contribution in [2.75, 3.05) is 0 Å². The number of hydrogen-bond acceptors (Lipinski definition) is 3. The standard InChI is InChI=1S/C18H14O3/c1-12(11-13-7-3-2-4-8-13)18-17(20)16(19)14-9-5-6-10-15(14)21-18/h2-11,20H,1H3/b12-11+. The zero-order valence-electron chi connectivity index (χ0n) is 11.5. The van der Waals surface area contributed by atoms with E-state index >= 15 is 0 Å². The van der Waals surface area contributed by atoms with E-state index in [1.165, 1.54) is 0 Å². The Balaban J connectivity index is 2.19. The predicted octanol–water partition coefficient (Wildman–Crippen LogP) is 4.06. The van der Waals surface area contributed by atoms with Crippen molar-refractivity contribution in [3.8, 4) is 5.75 Å². The summed E-state index contributed by atoms with van der Waals surface area (Å²) in [5.74, 6) is -0.138. The van der Waals surface area contributed by atoms with Crippen LogP contribution >= 0.6 is 0 Å². The van der Waals surface area contributed by atoms with Crippen LogP contribution in [0, 0.1) is 0 Å². The molecule has 0 saturated carbocycles. The average Bonchev–Trinajstić information content (AvgIpc) is 2.52. The van der Waals surface area contributed by atoms with E-state index in [1.807, 2.05) is 36.4 Å². The summed E-state index contributed by atoms with van der Waals surface area (Å²) in [6.07, 6.45) is 1.87. The minimum atomic E-state index is -0.410. The van der Waals surface area contributed by atoms with Crippen molar-refractivity contribution in [2.24, 2.45) is 0 Å². The first-order valence-corrected chi connectivity index (χ1v) is 6.65. The van der Waals surface area contributed by atoms with Crippen molar-refractivity contribution < 1.29 is 9.52 Å². The van der Waals surface area contributed by atoms with Crippen LogP contribution in [-0.4, -0.2) is 5.11 Å². The van der Waals surface area contributed by atoms with Crippen LogP contribution in [-0.2, 0) is 0 Å². The first kappa shape index (κ1) is 13.2. The highest BCUT2D eigenvalue weighted by molar-refractivity contribution is 5.85. The van der Waals surface area contributed by atoms with E-state index in [2.05, 4.69) is 0 Å². The van der Waals surface area contributed by atoms with E-state index in [4.69, 9.17) is 4.42 Å². The van der Waals surface area contributed by atoms with Crippen molar-refractivity contribution in [1.82, 2.24) is 0 Å². The molecule has 1 N–H and O–H groups in total. The summed E-state index contributed by atoms with van der Waals surface area (Å²) >= 11 is 0. The van der Waals surface area contributed by atoms with E-state index in [0.29, 0.717) is 16.5 Å². The number of aromatic hydroxyl groups is 1. The van der Waals surface area contributed by atoms with Gasteiger partial charge in [0.25, 0.3) is 0 Å². The fraction of sp³-hybridized carbons (Fsp3) is 0.0556. The van der Waals surface area contributed by atoms with Gasteiger partial charge in [-0.3, -0.25) is 4.79 Å². The van der Waals surface area contributed by atoms with Crippen LogP contribution in [0.3, 0.4) is 0 Å². The number of hydrogen-bond donors (Lipinski definition) is 1. The zero-order valence-corrected chi connectivity index (χ0v) is 11.5. The van der Waals surface area contributed by atoms with Crippen molar-refractivity contribution >= 4 is 22.6 Å². The van der Waals surface area contributed by atoms with Crippen LogP contribution in [0.25, 0.3) is 22.6 Å². The predicted molar refractivity (Wildman–Crippen MR) is 84.1 cm³/mol. The summed E-state index contributed by atoms with van der Waals surface area (Å²) in [7, 11) is 0. The Morgan fingerprint density at radius 2 is 1.71 bits per heavy atom. The van der Waals surface area contributed by atoms with Gasteiger partial charge in [0.05, 0.1) is 5.39 Å². The van der Waals surface area contributed by atoms with E-state index in [0.717, 1.165) is 5.56 Å². The molecular formula is C18H14O3. The van der Waals surface area contributed by atoms with Crippen LogP contribution in [0.1, 0.15) is 18.2 Å². The van der Waals surface area contributed by atoms with Crippen molar-refractivity contribution in [3.05, 3.63) is 76.1 Å². The molecule has 0 aliphatic rings. The van der Waals surface area contributed by atoms with Gasteiger partial charge in [-0.2, -0.15) is 0 Å². The van der Waals surface area contributed by atoms with Crippen molar-refractivity contribution in [1.29, 1.82) is 0 Å². The smallest absolute Gasteiger partial charge is 0.235 e. The lowest BCUT2D eigenvalue weighted by Gasteiger charge is -2.06. The molecule has 3 rings (SSSR count). The quantitative estimate of drug-likeness (QED) is 0.769. The molecule has 0 spiro atoms. The molecule has 0 radical (unpaired) electrons. The molecule has 104 valence electrons. The molecule has 0 amide bonds. The van der Waals surface area contributed by atoms with Crippen LogP contribution in [0.2, 0.25) is 0 Å². The molecule has 0 atom stereocenters. The first-order valence-electron chi connectivity index (χ1n) is 6.65. The molecule has 0 bridgehead atoms. The van der Waals surface area contributed by atoms with Gasteiger partial charge in [-0.05, 0) is 36.3 Å². The summed E-state index contributed by atoms with van der Waals surface area (Å²) in [5.41, 5.74) is 1.73. The third-order valence-corrected chi connectivity index (χ3v) is 3.31. The molecule has 2 aromatic carbocycles. The van der Waals surface area contributed by atoms with Gasteiger partial charge >= 0.3 is 0 Å². The molecule has 0 aliphatic heterocycles. The second-order valence-corrected chi connectivity index (χ2v) is 4.84. The number of para-hydroxylation sites is 1. The van der Waals surface area contributed by atoms with Crippen LogP contribution in [0.15, 0.2) is 63.8 Å². The molecular weight excluding hydrogens is 264 g/mol. The Kier molecular flexibility index (Phi) is 3.32. The second kappa shape index (κ2) is 5.29. The lowest BCUT2D eigenvalue weighted by molar-refractivity contribution is 0.436. The first-order chi connectivity index (χ1) is 10.2. The van der Waals surface area contributed by atoms with Gasteiger partial charge in [-0.15, -0.1) is 0 Å². The van der Waals surface area contributed by atoms with E-state index in [9.17, 15) is 9.90 Å². The zero-order chi connectivity index (χ0) is 14.8. The van der Waals surface area contributed by atoms with Gasteiger partial charge in [0.2, 0.25) is 11.2 Å². The van der Waals surface area contributed by atoms with Gasteiger partial charge in [-0.1, -0.05) is 42.5 Å². The Hall–Kier alpha value is -2.81. The minimum Gasteiger partial charge on any atom is -0.502 e. The van der Waals surface area contributed by atoms with Gasteiger partial charge in [0.1, 0.15) is 5.58 Å². The maximum atomic E-state index is 12.2. The van der Waals surface area contributed by atoms with Crippen LogP contribution in [0.5, 0.6) is 5.75 Å². The topological polar surface area (TPSA) is 50.4 Å². The highest BCUT2D eigenvalue weighted by atomic mass is 16.4. The van der Waals surface area contributed by atoms with Crippen LogP contribution in [0.4, 0.5) is 0 Å². The van der Waals surface area contributed by atoms with Crippen molar-refractivity contribution in [3.63, 3.8) is 0 Å². The van der Waals surface area contributed by atoms with Crippen molar-refractivity contribution in [2.45, 2.75) is 6.92 Å². The minimum absolute atomic E-state index is 0.211. The molecule has 0 unspecified atom stereocenters. The highest BCUT2D eigenvalue weighted by Crippen LogP contribution is 2.27. The van der Waals surface area contributed by atoms with Gasteiger partial charge in [0, 0.05) is 0 Å². The summed E-state index contributed by atoms with van der Waals surface area (Å²) in [5, 5.41) is 10.5. The summed E-state index contributed by atoms with van der Waals surface area (Å²) < 4.78 is 5.69. The fourth-order valence-electron chi connectivity index (χ4n) is 2.26. The average molecular weight is 278 g/mol. The molecule has 3 nitrogen and oxygen atoms in total. The number of allylic oxidation sites excluding steroid dienone is 1. The largest absolute Gasteiger partial charge is 0.502 e. The molecule has 1 aromatic heterocycles. The van der Waals surface area contributed by atoms with E-state index in [1.54, 1.807) is 31.2 Å². The molecule has 3 heteroatoms. The molecule has 0 aliphatic carbocycles. The Labute approximate surface area is 121 Å². The highest BCUT2D eigenvalue weighted by Gasteiger charge is 2.14. The number of benzene rings is 2. The van der Waals surface area contributed by atoms with Gasteiger partial charge < -0.3 is 9.52 Å². The maximum Gasteiger partial charge on any atom is 0.235 e. The number of fused-ring (bicyclic) bond motifs is 1. The second-order valence-electron chi connectivity index (χ2n) is 4.84. The summed E-state index contributed by atoms with van der Waals surface area (Å²) in [6.45, 7) is 1.81. The molecule has 0 fully saturated rings. The molecule has 21 heavy (non-hydrogen) atoms. The molecule has 1 heterocycles. The Morgan fingerprint density at radius 3 is 2.48 bits per heavy atom. The maximum absolute atomic E-state index is 12.2. The SMILES string of the molecule is C/C(=C\c1ccccc1)c1oc2ccccc2c(=O)c1O. The molecule has 3 aromatic rings. The van der Waals surface area contributed by atoms with E-state index < -0.39 is 5.43 Å². The molecule has 0 saturated heterocycles. The Morgan fingerprint density at radius 1 is 1.05 bits per heavy atom. The Bertz CT molecular complexity index is 874. The van der Waals surface area contributed by atoms with Gasteiger partial charge in [-0.25, -0.2) is 0 Å². The van der Waals surface area contributed by atoms with E-state index in [-0.39, 0.29) is 11.5 Å². The van der Waals surface area contributed by atoms with Gasteiger partial charge in [0.15, 0.2) is 5.76 Å². The lowest BCUT2D eigenvalue weighted by atomic mass is 10.1. The third-order valence-electron chi connectivity index (χ3n) is 3.31. The number of rotatable bonds is 2.